The van der Waals surface area contributed by atoms with Gasteiger partial charge in [-0.15, -0.1) is 0 Å². The molecule has 1 saturated carbocycles. The SMILES string of the molecule is COCCN(CC(=O)N(CCc1c[nH]c2ccccc12)Cc1ccccc1)C(=O)CCC1CCCC1. The highest BCUT2D eigenvalue weighted by Crippen LogP contribution is 2.28. The Hall–Kier alpha value is -3.12. The summed E-state index contributed by atoms with van der Waals surface area (Å²) in [6, 6.07) is 18.3. The van der Waals surface area contributed by atoms with Crippen LogP contribution in [0.1, 0.15) is 49.7 Å². The Bertz CT molecular complexity index is 1100. The van der Waals surface area contributed by atoms with Crippen LogP contribution in [0.15, 0.2) is 60.8 Å². The van der Waals surface area contributed by atoms with Crippen LogP contribution in [0.2, 0.25) is 0 Å². The highest BCUT2D eigenvalue weighted by atomic mass is 16.5. The van der Waals surface area contributed by atoms with Gasteiger partial charge in [0.05, 0.1) is 13.2 Å². The van der Waals surface area contributed by atoms with Gasteiger partial charge >= 0.3 is 0 Å². The molecule has 2 aromatic carbocycles. The maximum Gasteiger partial charge on any atom is 0.242 e. The van der Waals surface area contributed by atoms with E-state index in [4.69, 9.17) is 4.74 Å². The normalized spacial score (nSPS) is 13.8. The molecule has 0 radical (unpaired) electrons. The molecule has 6 heteroatoms. The van der Waals surface area contributed by atoms with E-state index < -0.39 is 0 Å². The van der Waals surface area contributed by atoms with E-state index in [1.54, 1.807) is 12.0 Å². The van der Waals surface area contributed by atoms with Crippen LogP contribution in [-0.4, -0.2) is 59.9 Å². The number of hydrogen-bond donors (Lipinski definition) is 1. The summed E-state index contributed by atoms with van der Waals surface area (Å²) in [5.41, 5.74) is 3.38. The van der Waals surface area contributed by atoms with Crippen LogP contribution < -0.4 is 0 Å². The molecule has 0 bridgehead atoms. The molecule has 3 aromatic rings. The van der Waals surface area contributed by atoms with Gasteiger partial charge < -0.3 is 19.5 Å². The fraction of sp³-hybridized carbons (Fsp3) is 0.467. The average Bonchev–Trinajstić information content (AvgIpc) is 3.58. The van der Waals surface area contributed by atoms with Gasteiger partial charge in [-0.3, -0.25) is 9.59 Å². The van der Waals surface area contributed by atoms with Gasteiger partial charge in [-0.1, -0.05) is 74.2 Å². The molecule has 1 N–H and O–H groups in total. The Morgan fingerprint density at radius 2 is 1.69 bits per heavy atom. The van der Waals surface area contributed by atoms with Gasteiger partial charge in [0.2, 0.25) is 11.8 Å². The van der Waals surface area contributed by atoms with Gasteiger partial charge in [-0.2, -0.15) is 0 Å². The number of nitrogens with zero attached hydrogens (tertiary/aromatic N) is 2. The largest absolute Gasteiger partial charge is 0.383 e. The molecular weight excluding hydrogens is 450 g/mol. The highest BCUT2D eigenvalue weighted by molar-refractivity contribution is 5.85. The third kappa shape index (κ3) is 7.20. The molecule has 0 atom stereocenters. The lowest BCUT2D eigenvalue weighted by molar-refractivity contribution is -0.141. The lowest BCUT2D eigenvalue weighted by Crippen LogP contribution is -2.44. The van der Waals surface area contributed by atoms with Crippen molar-refractivity contribution in [3.8, 4) is 0 Å². The number of carbonyl (C=O) groups is 2. The zero-order valence-corrected chi connectivity index (χ0v) is 21.5. The molecule has 6 nitrogen and oxygen atoms in total. The summed E-state index contributed by atoms with van der Waals surface area (Å²) in [4.78, 5) is 33.6. The second-order valence-electron chi connectivity index (χ2n) is 9.91. The van der Waals surface area contributed by atoms with E-state index in [2.05, 4.69) is 17.1 Å². The minimum atomic E-state index is -0.0241. The fourth-order valence-corrected chi connectivity index (χ4v) is 5.23. The van der Waals surface area contributed by atoms with Crippen LogP contribution in [0.5, 0.6) is 0 Å². The Morgan fingerprint density at radius 3 is 2.47 bits per heavy atom. The molecular formula is C30H39N3O3. The number of aromatic amines is 1. The van der Waals surface area contributed by atoms with E-state index in [-0.39, 0.29) is 18.4 Å². The van der Waals surface area contributed by atoms with Crippen molar-refractivity contribution in [1.82, 2.24) is 14.8 Å². The van der Waals surface area contributed by atoms with Crippen molar-refractivity contribution >= 4 is 22.7 Å². The molecule has 0 unspecified atom stereocenters. The highest BCUT2D eigenvalue weighted by Gasteiger charge is 2.23. The molecule has 1 heterocycles. The third-order valence-corrected chi connectivity index (χ3v) is 7.38. The summed E-state index contributed by atoms with van der Waals surface area (Å²) in [7, 11) is 1.63. The molecule has 0 aliphatic heterocycles. The molecule has 1 aliphatic rings. The summed E-state index contributed by atoms with van der Waals surface area (Å²) in [6.45, 7) is 2.07. The number of carbonyl (C=O) groups excluding carboxylic acids is 2. The van der Waals surface area contributed by atoms with E-state index in [0.717, 1.165) is 23.9 Å². The second-order valence-corrected chi connectivity index (χ2v) is 9.91. The van der Waals surface area contributed by atoms with Crippen LogP contribution in [0.4, 0.5) is 0 Å². The van der Waals surface area contributed by atoms with E-state index in [9.17, 15) is 9.59 Å². The molecule has 192 valence electrons. The first-order valence-corrected chi connectivity index (χ1v) is 13.3. The lowest BCUT2D eigenvalue weighted by Gasteiger charge is -2.28. The predicted octanol–water partition coefficient (Wildman–Crippen LogP) is 5.18. The first-order valence-electron chi connectivity index (χ1n) is 13.3. The first-order chi connectivity index (χ1) is 17.6. The van der Waals surface area contributed by atoms with Crippen LogP contribution >= 0.6 is 0 Å². The van der Waals surface area contributed by atoms with E-state index in [0.29, 0.717) is 38.6 Å². The second kappa shape index (κ2) is 13.3. The Balaban J connectivity index is 1.43. The van der Waals surface area contributed by atoms with Crippen LogP contribution in [0.3, 0.4) is 0 Å². The molecule has 1 aromatic heterocycles. The maximum absolute atomic E-state index is 13.6. The zero-order chi connectivity index (χ0) is 25.2. The number of ether oxygens (including phenoxy) is 1. The first kappa shape index (κ1) is 26.0. The number of fused-ring (bicyclic) bond motifs is 1. The van der Waals surface area contributed by atoms with Gasteiger partial charge in [0.1, 0.15) is 0 Å². The van der Waals surface area contributed by atoms with Crippen molar-refractivity contribution in [3.63, 3.8) is 0 Å². The number of nitrogens with one attached hydrogen (secondary N) is 1. The summed E-state index contributed by atoms with van der Waals surface area (Å²) >= 11 is 0. The Labute approximate surface area is 214 Å². The quantitative estimate of drug-likeness (QED) is 0.360. The number of para-hydroxylation sites is 1. The molecule has 1 fully saturated rings. The van der Waals surface area contributed by atoms with Crippen molar-refractivity contribution < 1.29 is 14.3 Å². The summed E-state index contributed by atoms with van der Waals surface area (Å²) in [5.74, 6) is 0.687. The van der Waals surface area contributed by atoms with Gasteiger partial charge in [0, 0.05) is 50.3 Å². The van der Waals surface area contributed by atoms with Gasteiger partial charge in [0.25, 0.3) is 0 Å². The number of H-pyrrole nitrogens is 1. The average molecular weight is 490 g/mol. The lowest BCUT2D eigenvalue weighted by atomic mass is 10.0. The summed E-state index contributed by atoms with van der Waals surface area (Å²) in [6.07, 6.45) is 9.21. The summed E-state index contributed by atoms with van der Waals surface area (Å²) in [5, 5.41) is 1.19. The van der Waals surface area contributed by atoms with Crippen LogP contribution in [0, 0.1) is 5.92 Å². The topological polar surface area (TPSA) is 65.6 Å². The van der Waals surface area contributed by atoms with Gasteiger partial charge in [0.15, 0.2) is 0 Å². The smallest absolute Gasteiger partial charge is 0.242 e. The Kier molecular flexibility index (Phi) is 9.56. The van der Waals surface area contributed by atoms with Crippen molar-refractivity contribution in [2.75, 3.05) is 33.4 Å². The number of benzene rings is 2. The molecule has 4 rings (SSSR count). The van der Waals surface area contributed by atoms with Crippen molar-refractivity contribution in [2.45, 2.75) is 51.5 Å². The van der Waals surface area contributed by atoms with E-state index >= 15 is 0 Å². The summed E-state index contributed by atoms with van der Waals surface area (Å²) < 4.78 is 5.25. The van der Waals surface area contributed by atoms with Crippen molar-refractivity contribution in [2.24, 2.45) is 5.92 Å². The van der Waals surface area contributed by atoms with Crippen LogP contribution in [0.25, 0.3) is 10.9 Å². The number of methoxy groups -OCH3 is 1. The van der Waals surface area contributed by atoms with Gasteiger partial charge in [-0.05, 0) is 36.0 Å². The molecule has 36 heavy (non-hydrogen) atoms. The molecule has 1 aliphatic carbocycles. The third-order valence-electron chi connectivity index (χ3n) is 7.38. The monoisotopic (exact) mass is 489 g/mol. The number of amides is 2. The fourth-order valence-electron chi connectivity index (χ4n) is 5.23. The Morgan fingerprint density at radius 1 is 0.944 bits per heavy atom. The maximum atomic E-state index is 13.6. The minimum Gasteiger partial charge on any atom is -0.383 e. The predicted molar refractivity (Wildman–Crippen MR) is 144 cm³/mol. The zero-order valence-electron chi connectivity index (χ0n) is 21.5. The number of aromatic nitrogens is 1. The van der Waals surface area contributed by atoms with Crippen molar-refractivity contribution in [3.05, 3.63) is 71.9 Å². The molecule has 0 saturated heterocycles. The van der Waals surface area contributed by atoms with E-state index in [1.807, 2.05) is 53.6 Å². The molecule has 2 amide bonds. The van der Waals surface area contributed by atoms with Crippen molar-refractivity contribution in [1.29, 1.82) is 0 Å². The standard InChI is InChI=1S/C30H39N3O3/c1-36-20-19-33(29(34)16-15-24-9-5-6-10-24)23-30(35)32(22-25-11-3-2-4-12-25)18-17-26-21-31-28-14-8-7-13-27(26)28/h2-4,7-8,11-14,21,24,31H,5-6,9-10,15-20,22-23H2,1H3. The van der Waals surface area contributed by atoms with E-state index in [1.165, 1.54) is 36.6 Å². The molecule has 0 spiro atoms. The van der Waals surface area contributed by atoms with Crippen LogP contribution in [-0.2, 0) is 27.3 Å². The minimum absolute atomic E-state index is 0.0241. The number of rotatable bonds is 13. The van der Waals surface area contributed by atoms with Gasteiger partial charge in [-0.25, -0.2) is 0 Å². The number of hydrogen-bond acceptors (Lipinski definition) is 3.